The molecular formula is C12H15Cl2NO. The average Bonchev–Trinajstić information content (AvgIpc) is 2.75. The van der Waals surface area contributed by atoms with Gasteiger partial charge in [-0.15, -0.1) is 0 Å². The van der Waals surface area contributed by atoms with Gasteiger partial charge in [0.25, 0.3) is 0 Å². The lowest BCUT2D eigenvalue weighted by atomic mass is 10.1. The zero-order chi connectivity index (χ0) is 11.5. The summed E-state index contributed by atoms with van der Waals surface area (Å²) >= 11 is 12.0. The van der Waals surface area contributed by atoms with Crippen LogP contribution in [-0.2, 0) is 0 Å². The van der Waals surface area contributed by atoms with E-state index in [0.29, 0.717) is 10.0 Å². The Morgan fingerprint density at radius 3 is 2.50 bits per heavy atom. The van der Waals surface area contributed by atoms with Gasteiger partial charge in [-0.1, -0.05) is 29.3 Å². The van der Waals surface area contributed by atoms with Crippen LogP contribution in [0.5, 0.6) is 0 Å². The SMILES string of the molecule is OC[C@H](c1ccc(Cl)cc1Cl)N1CCCC1. The third kappa shape index (κ3) is 2.51. The van der Waals surface area contributed by atoms with Crippen LogP contribution in [0.15, 0.2) is 18.2 Å². The lowest BCUT2D eigenvalue weighted by Crippen LogP contribution is -2.28. The van der Waals surface area contributed by atoms with Gasteiger partial charge in [-0.05, 0) is 43.6 Å². The number of aliphatic hydroxyl groups is 1. The van der Waals surface area contributed by atoms with Crippen LogP contribution in [0, 0.1) is 0 Å². The van der Waals surface area contributed by atoms with Crippen molar-refractivity contribution in [2.75, 3.05) is 19.7 Å². The summed E-state index contributed by atoms with van der Waals surface area (Å²) in [6, 6.07) is 5.47. The molecule has 1 fully saturated rings. The molecule has 0 bridgehead atoms. The number of halogens is 2. The quantitative estimate of drug-likeness (QED) is 0.902. The minimum Gasteiger partial charge on any atom is -0.394 e. The van der Waals surface area contributed by atoms with Gasteiger partial charge < -0.3 is 5.11 Å². The van der Waals surface area contributed by atoms with Crippen molar-refractivity contribution in [3.8, 4) is 0 Å². The van der Waals surface area contributed by atoms with E-state index >= 15 is 0 Å². The molecular weight excluding hydrogens is 245 g/mol. The van der Waals surface area contributed by atoms with Gasteiger partial charge in [-0.2, -0.15) is 0 Å². The second-order valence-corrected chi connectivity index (χ2v) is 4.95. The summed E-state index contributed by atoms with van der Waals surface area (Å²) in [6.45, 7) is 2.16. The molecule has 1 heterocycles. The maximum absolute atomic E-state index is 9.50. The Morgan fingerprint density at radius 1 is 1.25 bits per heavy atom. The minimum atomic E-state index is 0.00673. The number of likely N-dealkylation sites (tertiary alicyclic amines) is 1. The first kappa shape index (κ1) is 12.2. The van der Waals surface area contributed by atoms with E-state index in [1.165, 1.54) is 12.8 Å². The Morgan fingerprint density at radius 2 is 1.94 bits per heavy atom. The summed E-state index contributed by atoms with van der Waals surface area (Å²) < 4.78 is 0. The zero-order valence-corrected chi connectivity index (χ0v) is 10.5. The molecule has 1 aliphatic rings. The van der Waals surface area contributed by atoms with Gasteiger partial charge in [-0.25, -0.2) is 0 Å². The van der Waals surface area contributed by atoms with E-state index in [-0.39, 0.29) is 12.6 Å². The smallest absolute Gasteiger partial charge is 0.0629 e. The lowest BCUT2D eigenvalue weighted by molar-refractivity contribution is 0.147. The van der Waals surface area contributed by atoms with E-state index in [4.69, 9.17) is 23.2 Å². The summed E-state index contributed by atoms with van der Waals surface area (Å²) in [6.07, 6.45) is 2.39. The van der Waals surface area contributed by atoms with Gasteiger partial charge in [0.15, 0.2) is 0 Å². The highest BCUT2D eigenvalue weighted by molar-refractivity contribution is 6.35. The topological polar surface area (TPSA) is 23.5 Å². The fraction of sp³-hybridized carbons (Fsp3) is 0.500. The molecule has 1 aromatic rings. The molecule has 0 aromatic heterocycles. The summed E-state index contributed by atoms with van der Waals surface area (Å²) in [4.78, 5) is 2.27. The fourth-order valence-corrected chi connectivity index (χ4v) is 2.77. The number of aliphatic hydroxyl groups excluding tert-OH is 1. The van der Waals surface area contributed by atoms with Gasteiger partial charge >= 0.3 is 0 Å². The van der Waals surface area contributed by atoms with Crippen molar-refractivity contribution in [2.45, 2.75) is 18.9 Å². The molecule has 1 aliphatic heterocycles. The van der Waals surface area contributed by atoms with Crippen molar-refractivity contribution in [3.05, 3.63) is 33.8 Å². The van der Waals surface area contributed by atoms with E-state index < -0.39 is 0 Å². The number of hydrogen-bond donors (Lipinski definition) is 1. The van der Waals surface area contributed by atoms with E-state index in [1.807, 2.05) is 12.1 Å². The van der Waals surface area contributed by atoms with Crippen LogP contribution in [0.25, 0.3) is 0 Å². The van der Waals surface area contributed by atoms with Gasteiger partial charge in [0.1, 0.15) is 0 Å². The summed E-state index contributed by atoms with van der Waals surface area (Å²) in [5.41, 5.74) is 0.968. The maximum Gasteiger partial charge on any atom is 0.0629 e. The van der Waals surface area contributed by atoms with E-state index in [9.17, 15) is 5.11 Å². The molecule has 1 atom stereocenters. The molecule has 0 saturated carbocycles. The van der Waals surface area contributed by atoms with Crippen molar-refractivity contribution >= 4 is 23.2 Å². The van der Waals surface area contributed by atoms with E-state index in [2.05, 4.69) is 4.90 Å². The first-order chi connectivity index (χ1) is 7.72. The first-order valence-electron chi connectivity index (χ1n) is 5.52. The first-order valence-corrected chi connectivity index (χ1v) is 6.28. The molecule has 1 N–H and O–H groups in total. The van der Waals surface area contributed by atoms with Crippen LogP contribution in [0.2, 0.25) is 10.0 Å². The maximum atomic E-state index is 9.50. The minimum absolute atomic E-state index is 0.00673. The Labute approximate surface area is 106 Å². The van der Waals surface area contributed by atoms with Crippen LogP contribution in [0.1, 0.15) is 24.4 Å². The normalized spacial score (nSPS) is 18.9. The van der Waals surface area contributed by atoms with Crippen LogP contribution in [0.4, 0.5) is 0 Å². The van der Waals surface area contributed by atoms with Crippen molar-refractivity contribution < 1.29 is 5.11 Å². The predicted molar refractivity (Wildman–Crippen MR) is 67.1 cm³/mol. The summed E-state index contributed by atoms with van der Waals surface area (Å²) in [5, 5.41) is 10.8. The van der Waals surface area contributed by atoms with Gasteiger partial charge in [0.05, 0.1) is 12.6 Å². The number of hydrogen-bond acceptors (Lipinski definition) is 2. The molecule has 2 rings (SSSR count). The predicted octanol–water partition coefficient (Wildman–Crippen LogP) is 3.12. The number of nitrogens with zero attached hydrogens (tertiary/aromatic N) is 1. The highest BCUT2D eigenvalue weighted by Crippen LogP contribution is 2.31. The van der Waals surface area contributed by atoms with Crippen LogP contribution in [-0.4, -0.2) is 29.7 Å². The van der Waals surface area contributed by atoms with E-state index in [1.54, 1.807) is 6.07 Å². The van der Waals surface area contributed by atoms with Crippen molar-refractivity contribution in [1.82, 2.24) is 4.90 Å². The lowest BCUT2D eigenvalue weighted by Gasteiger charge is -2.26. The third-order valence-corrected chi connectivity index (χ3v) is 3.64. The molecule has 1 saturated heterocycles. The summed E-state index contributed by atoms with van der Waals surface area (Å²) in [5.74, 6) is 0. The highest BCUT2D eigenvalue weighted by Gasteiger charge is 2.24. The van der Waals surface area contributed by atoms with Crippen molar-refractivity contribution in [3.63, 3.8) is 0 Å². The van der Waals surface area contributed by atoms with Crippen LogP contribution in [0.3, 0.4) is 0 Å². The molecule has 0 spiro atoms. The van der Waals surface area contributed by atoms with Gasteiger partial charge in [0, 0.05) is 10.0 Å². The third-order valence-electron chi connectivity index (χ3n) is 3.08. The Bertz CT molecular complexity index is 364. The average molecular weight is 260 g/mol. The molecule has 16 heavy (non-hydrogen) atoms. The van der Waals surface area contributed by atoms with Crippen molar-refractivity contribution in [1.29, 1.82) is 0 Å². The van der Waals surface area contributed by atoms with Crippen LogP contribution >= 0.6 is 23.2 Å². The fourth-order valence-electron chi connectivity index (χ4n) is 2.24. The Kier molecular flexibility index (Phi) is 4.09. The molecule has 2 nitrogen and oxygen atoms in total. The standard InChI is InChI=1S/C12H15Cl2NO/c13-9-3-4-10(11(14)7-9)12(8-16)15-5-1-2-6-15/h3-4,7,12,16H,1-2,5-6,8H2/t12-/m1/s1. The summed E-state index contributed by atoms with van der Waals surface area (Å²) in [7, 11) is 0. The molecule has 4 heteroatoms. The molecule has 0 amide bonds. The molecule has 0 aliphatic carbocycles. The second-order valence-electron chi connectivity index (χ2n) is 4.11. The Balaban J connectivity index is 2.25. The molecule has 0 radical (unpaired) electrons. The van der Waals surface area contributed by atoms with Crippen molar-refractivity contribution in [2.24, 2.45) is 0 Å². The van der Waals surface area contributed by atoms with Crippen LogP contribution < -0.4 is 0 Å². The van der Waals surface area contributed by atoms with Gasteiger partial charge in [-0.3, -0.25) is 4.90 Å². The molecule has 88 valence electrons. The number of benzene rings is 1. The number of rotatable bonds is 3. The highest BCUT2D eigenvalue weighted by atomic mass is 35.5. The zero-order valence-electron chi connectivity index (χ0n) is 9.00. The molecule has 1 aromatic carbocycles. The monoisotopic (exact) mass is 259 g/mol. The van der Waals surface area contributed by atoms with Gasteiger partial charge in [0.2, 0.25) is 0 Å². The van der Waals surface area contributed by atoms with E-state index in [0.717, 1.165) is 18.7 Å². The Hall–Kier alpha value is -0.280. The largest absolute Gasteiger partial charge is 0.394 e. The second kappa shape index (κ2) is 5.37. The molecule has 0 unspecified atom stereocenters.